The van der Waals surface area contributed by atoms with Gasteiger partial charge in [-0.1, -0.05) is 0 Å². The number of hydrogen-bond acceptors (Lipinski definition) is 5. The summed E-state index contributed by atoms with van der Waals surface area (Å²) in [6.07, 6.45) is -2.63. The number of halogens is 3. The topological polar surface area (TPSA) is 118 Å². The van der Waals surface area contributed by atoms with Crippen LogP contribution in [0.5, 0.6) is 0 Å². The number of alkyl halides is 3. The molecule has 0 aromatic heterocycles. The lowest BCUT2D eigenvalue weighted by Gasteiger charge is -2.35. The van der Waals surface area contributed by atoms with Gasteiger partial charge in [0.1, 0.15) is 5.84 Å². The number of nitrogens with one attached hydrogen (secondary N) is 4. The van der Waals surface area contributed by atoms with Crippen LogP contribution in [0.3, 0.4) is 0 Å². The molecule has 9 nitrogen and oxygen atoms in total. The van der Waals surface area contributed by atoms with Crippen molar-refractivity contribution in [2.45, 2.75) is 31.5 Å². The summed E-state index contributed by atoms with van der Waals surface area (Å²) < 4.78 is 37.1. The lowest BCUT2D eigenvalue weighted by atomic mass is 10.0. The van der Waals surface area contributed by atoms with E-state index >= 15 is 0 Å². The molecule has 1 atom stereocenters. The second-order valence-corrected chi connectivity index (χ2v) is 8.83. The maximum atomic E-state index is 12.9. The minimum absolute atomic E-state index is 0.0489. The zero-order valence-electron chi connectivity index (χ0n) is 20.5. The van der Waals surface area contributed by atoms with Crippen LogP contribution in [0.4, 0.5) is 29.3 Å². The first-order valence-corrected chi connectivity index (χ1v) is 11.7. The molecule has 1 fully saturated rings. The number of urea groups is 1. The van der Waals surface area contributed by atoms with Crippen molar-refractivity contribution in [2.75, 3.05) is 37.4 Å². The summed E-state index contributed by atoms with van der Waals surface area (Å²) in [6.45, 7) is 0.798. The van der Waals surface area contributed by atoms with Crippen LogP contribution in [0.15, 0.2) is 48.5 Å². The van der Waals surface area contributed by atoms with Crippen molar-refractivity contribution in [3.63, 3.8) is 0 Å². The Morgan fingerprint density at radius 2 is 1.62 bits per heavy atom. The van der Waals surface area contributed by atoms with Crippen LogP contribution < -0.4 is 20.9 Å². The van der Waals surface area contributed by atoms with Crippen LogP contribution in [0.2, 0.25) is 0 Å². The van der Waals surface area contributed by atoms with Gasteiger partial charge < -0.3 is 25.8 Å². The average molecular weight is 519 g/mol. The number of nitrogens with zero attached hydrogens (tertiary/aromatic N) is 2. The molecule has 2 aromatic carbocycles. The predicted octanol–water partition coefficient (Wildman–Crippen LogP) is 3.57. The monoisotopic (exact) mass is 518 g/mol. The summed E-state index contributed by atoms with van der Waals surface area (Å²) >= 11 is 0. The molecule has 4 amide bonds. The Labute approximate surface area is 212 Å². The number of likely N-dealkylation sites (tertiary alicyclic amines) is 1. The van der Waals surface area contributed by atoms with Gasteiger partial charge in [-0.15, -0.1) is 0 Å². The molecular weight excluding hydrogens is 489 g/mol. The largest absolute Gasteiger partial charge is 0.471 e. The van der Waals surface area contributed by atoms with Crippen molar-refractivity contribution >= 4 is 35.1 Å². The second-order valence-electron chi connectivity index (χ2n) is 8.83. The van der Waals surface area contributed by atoms with Crippen LogP contribution in [0, 0.1) is 5.41 Å². The van der Waals surface area contributed by atoms with Gasteiger partial charge >= 0.3 is 18.1 Å². The second kappa shape index (κ2) is 11.8. The molecule has 1 heterocycles. The summed E-state index contributed by atoms with van der Waals surface area (Å²) in [5.41, 5.74) is 1.92. The van der Waals surface area contributed by atoms with Gasteiger partial charge in [0, 0.05) is 49.7 Å². The molecule has 12 heteroatoms. The summed E-state index contributed by atoms with van der Waals surface area (Å²) in [5.74, 6) is -3.17. The summed E-state index contributed by atoms with van der Waals surface area (Å²) in [6, 6.07) is 12.1. The number of benzene rings is 2. The SMILES string of the molecule is CN(C)c1ccc(C(=O)NCC2CCCCN2C(=O)Nc2ccc(C(=N)NC(=O)C(F)(F)F)cc2)cc1. The molecule has 0 saturated carbocycles. The highest BCUT2D eigenvalue weighted by atomic mass is 19.4. The third kappa shape index (κ3) is 7.45. The summed E-state index contributed by atoms with van der Waals surface area (Å²) in [7, 11) is 3.82. The highest BCUT2D eigenvalue weighted by Crippen LogP contribution is 2.20. The zero-order chi connectivity index (χ0) is 27.2. The number of amides is 4. The van der Waals surface area contributed by atoms with Crippen LogP contribution in [-0.2, 0) is 4.79 Å². The Morgan fingerprint density at radius 3 is 2.22 bits per heavy atom. The Balaban J connectivity index is 1.56. The molecule has 1 unspecified atom stereocenters. The number of rotatable bonds is 6. The fraction of sp³-hybridized carbons (Fsp3) is 0.360. The Kier molecular flexibility index (Phi) is 8.74. The van der Waals surface area contributed by atoms with E-state index in [0.29, 0.717) is 17.8 Å². The first-order chi connectivity index (χ1) is 17.5. The standard InChI is InChI=1S/C25H29F3N6O3/c1-33(2)19-12-8-17(9-13-19)22(35)30-15-20-5-3-4-14-34(20)24(37)31-18-10-6-16(7-11-18)21(29)32-23(36)25(26,27)28/h6-13,20H,3-5,14-15H2,1-2H3,(H,30,35)(H,31,37)(H2,29,32,36). The number of piperidine rings is 1. The van der Waals surface area contributed by atoms with E-state index < -0.39 is 17.9 Å². The minimum atomic E-state index is -5.10. The highest BCUT2D eigenvalue weighted by molar-refractivity contribution is 6.07. The number of carbonyl (C=O) groups excluding carboxylic acids is 3. The Morgan fingerprint density at radius 1 is 1.00 bits per heavy atom. The van der Waals surface area contributed by atoms with Crippen molar-refractivity contribution in [1.29, 1.82) is 5.41 Å². The summed E-state index contributed by atoms with van der Waals surface area (Å²) in [4.78, 5) is 40.1. The molecule has 0 bridgehead atoms. The number of anilines is 2. The number of hydrogen-bond donors (Lipinski definition) is 4. The first kappa shape index (κ1) is 27.5. The highest BCUT2D eigenvalue weighted by Gasteiger charge is 2.39. The van der Waals surface area contributed by atoms with Gasteiger partial charge in [0.25, 0.3) is 5.91 Å². The van der Waals surface area contributed by atoms with Crippen LogP contribution in [0.1, 0.15) is 35.2 Å². The van der Waals surface area contributed by atoms with Crippen LogP contribution >= 0.6 is 0 Å². The van der Waals surface area contributed by atoms with E-state index in [1.807, 2.05) is 31.1 Å². The van der Waals surface area contributed by atoms with E-state index in [-0.39, 0.29) is 30.1 Å². The third-order valence-corrected chi connectivity index (χ3v) is 5.95. The van der Waals surface area contributed by atoms with Gasteiger partial charge in [-0.05, 0) is 67.8 Å². The number of amidine groups is 1. The van der Waals surface area contributed by atoms with E-state index in [0.717, 1.165) is 24.9 Å². The smallest absolute Gasteiger partial charge is 0.378 e. The van der Waals surface area contributed by atoms with E-state index in [9.17, 15) is 27.6 Å². The van der Waals surface area contributed by atoms with E-state index in [1.165, 1.54) is 29.6 Å². The predicted molar refractivity (Wildman–Crippen MR) is 134 cm³/mol. The first-order valence-electron chi connectivity index (χ1n) is 11.7. The van der Waals surface area contributed by atoms with Crippen molar-refractivity contribution in [3.8, 4) is 0 Å². The molecule has 1 aliphatic heterocycles. The van der Waals surface area contributed by atoms with Gasteiger partial charge in [0.05, 0.1) is 6.04 Å². The molecule has 0 spiro atoms. The molecule has 1 saturated heterocycles. The lowest BCUT2D eigenvalue weighted by molar-refractivity contribution is -0.171. The third-order valence-electron chi connectivity index (χ3n) is 5.95. The Bertz CT molecular complexity index is 1130. The fourth-order valence-electron chi connectivity index (χ4n) is 3.88. The maximum Gasteiger partial charge on any atom is 0.471 e. The van der Waals surface area contributed by atoms with Gasteiger partial charge in [-0.2, -0.15) is 13.2 Å². The minimum Gasteiger partial charge on any atom is -0.378 e. The van der Waals surface area contributed by atoms with E-state index in [2.05, 4.69) is 10.6 Å². The molecular formula is C25H29F3N6O3. The normalized spacial score (nSPS) is 15.5. The van der Waals surface area contributed by atoms with Gasteiger partial charge in [-0.25, -0.2) is 4.79 Å². The maximum absolute atomic E-state index is 12.9. The van der Waals surface area contributed by atoms with Crippen molar-refractivity contribution < 1.29 is 27.6 Å². The van der Waals surface area contributed by atoms with Gasteiger partial charge in [-0.3, -0.25) is 15.0 Å². The van der Waals surface area contributed by atoms with Crippen molar-refractivity contribution in [2.24, 2.45) is 0 Å². The molecule has 4 N–H and O–H groups in total. The molecule has 2 aromatic rings. The Hall–Kier alpha value is -4.09. The quantitative estimate of drug-likeness (QED) is 0.345. The lowest BCUT2D eigenvalue weighted by Crippen LogP contribution is -2.50. The molecule has 198 valence electrons. The molecule has 37 heavy (non-hydrogen) atoms. The van der Waals surface area contributed by atoms with Crippen LogP contribution in [0.25, 0.3) is 0 Å². The molecule has 0 aliphatic carbocycles. The van der Waals surface area contributed by atoms with Crippen molar-refractivity contribution in [3.05, 3.63) is 59.7 Å². The fourth-order valence-corrected chi connectivity index (χ4v) is 3.88. The molecule has 3 rings (SSSR count). The average Bonchev–Trinajstić information content (AvgIpc) is 2.87. The van der Waals surface area contributed by atoms with E-state index in [1.54, 1.807) is 17.0 Å². The number of carbonyl (C=O) groups is 3. The molecule has 1 aliphatic rings. The van der Waals surface area contributed by atoms with Gasteiger partial charge in [0.15, 0.2) is 0 Å². The van der Waals surface area contributed by atoms with Gasteiger partial charge in [0.2, 0.25) is 0 Å². The van der Waals surface area contributed by atoms with Crippen molar-refractivity contribution in [1.82, 2.24) is 15.5 Å². The molecule has 0 radical (unpaired) electrons. The van der Waals surface area contributed by atoms with E-state index in [4.69, 9.17) is 5.41 Å². The summed E-state index contributed by atoms with van der Waals surface area (Å²) in [5, 5.41) is 14.8. The zero-order valence-corrected chi connectivity index (χ0v) is 20.5. The van der Waals surface area contributed by atoms with Crippen LogP contribution in [-0.4, -0.2) is 68.0 Å².